The second kappa shape index (κ2) is 9.61. The van der Waals surface area contributed by atoms with Crippen LogP contribution in [-0.4, -0.2) is 41.6 Å². The van der Waals surface area contributed by atoms with Crippen molar-refractivity contribution in [3.05, 3.63) is 76.3 Å². The van der Waals surface area contributed by atoms with Crippen LogP contribution in [0.2, 0.25) is 0 Å². The van der Waals surface area contributed by atoms with Crippen molar-refractivity contribution in [2.24, 2.45) is 0 Å². The van der Waals surface area contributed by atoms with Gasteiger partial charge in [0.25, 0.3) is 5.91 Å². The summed E-state index contributed by atoms with van der Waals surface area (Å²) in [6, 6.07) is 14.0. The van der Waals surface area contributed by atoms with Gasteiger partial charge in [-0.25, -0.2) is 18.3 Å². The third kappa shape index (κ3) is 4.36. The van der Waals surface area contributed by atoms with Gasteiger partial charge in [-0.2, -0.15) is 4.31 Å². The smallest absolute Gasteiger partial charge is 0.252 e. The number of hydrogen-bond donors (Lipinski definition) is 0. The predicted octanol–water partition coefficient (Wildman–Crippen LogP) is 5.99. The van der Waals surface area contributed by atoms with Gasteiger partial charge < -0.3 is 0 Å². The van der Waals surface area contributed by atoms with Gasteiger partial charge in [0.05, 0.1) is 27.2 Å². The molecule has 0 N–H and O–H groups in total. The van der Waals surface area contributed by atoms with Crippen molar-refractivity contribution < 1.29 is 18.0 Å². The first-order valence-electron chi connectivity index (χ1n) is 13.4. The van der Waals surface area contributed by atoms with Crippen LogP contribution < -0.4 is 4.90 Å². The van der Waals surface area contributed by atoms with Gasteiger partial charge in [0.2, 0.25) is 15.9 Å². The lowest BCUT2D eigenvalue weighted by Gasteiger charge is -2.29. The second-order valence-corrected chi connectivity index (χ2v) is 13.8. The summed E-state index contributed by atoms with van der Waals surface area (Å²) in [6.45, 7) is 9.45. The maximum Gasteiger partial charge on any atom is 0.252 e. The normalized spacial score (nSPS) is 17.9. The summed E-state index contributed by atoms with van der Waals surface area (Å²) in [6.07, 6.45) is 1.18. The van der Waals surface area contributed by atoms with Gasteiger partial charge in [0, 0.05) is 11.6 Å². The molecule has 2 fully saturated rings. The van der Waals surface area contributed by atoms with Gasteiger partial charge in [-0.15, -0.1) is 11.3 Å². The quantitative estimate of drug-likeness (QED) is 0.265. The van der Waals surface area contributed by atoms with Crippen LogP contribution in [0.4, 0.5) is 5.69 Å². The van der Waals surface area contributed by atoms with Crippen LogP contribution in [0.3, 0.4) is 0 Å². The lowest BCUT2D eigenvalue weighted by molar-refractivity contribution is -0.122. The van der Waals surface area contributed by atoms with E-state index in [1.807, 2.05) is 65.0 Å². The number of thiazole rings is 1. The average molecular weight is 574 g/mol. The number of imide groups is 1. The van der Waals surface area contributed by atoms with Crippen LogP contribution in [0.1, 0.15) is 47.1 Å². The third-order valence-corrected chi connectivity index (χ3v) is 11.4. The predicted molar refractivity (Wildman–Crippen MR) is 158 cm³/mol. The Labute approximate surface area is 238 Å². The van der Waals surface area contributed by atoms with Gasteiger partial charge >= 0.3 is 0 Å². The zero-order chi connectivity index (χ0) is 28.5. The van der Waals surface area contributed by atoms with Gasteiger partial charge in [0.15, 0.2) is 0 Å². The van der Waals surface area contributed by atoms with E-state index in [9.17, 15) is 18.0 Å². The zero-order valence-electron chi connectivity index (χ0n) is 23.2. The van der Waals surface area contributed by atoms with E-state index >= 15 is 0 Å². The van der Waals surface area contributed by atoms with Crippen molar-refractivity contribution in [2.45, 2.75) is 70.9 Å². The third-order valence-electron chi connectivity index (χ3n) is 8.09. The number of aryl methyl sites for hydroxylation is 3. The molecule has 6 rings (SSSR count). The molecule has 2 heterocycles. The molecule has 1 aliphatic carbocycles. The molecule has 0 radical (unpaired) electrons. The fourth-order valence-electron chi connectivity index (χ4n) is 5.61. The molecule has 1 unspecified atom stereocenters. The number of anilines is 1. The number of benzene rings is 3. The standard InChI is InChI=1S/C31H31N3O4S2/c1-17-6-13-25-27(14-17)39-30(32-25)22-7-9-23(10-8-22)33-28(35)16-26(31(33)36)34(24-11-12-24)40(37,38)29-20(4)18(2)15-19(3)21(29)5/h6-10,13-15,24,26H,11-12,16H2,1-5H3. The molecule has 206 valence electrons. The molecule has 0 spiro atoms. The maximum absolute atomic E-state index is 14.2. The molecule has 4 aromatic rings. The highest BCUT2D eigenvalue weighted by Gasteiger charge is 2.52. The highest BCUT2D eigenvalue weighted by Crippen LogP contribution is 2.41. The Hall–Kier alpha value is -3.40. The molecule has 2 amide bonds. The number of hydrogen-bond acceptors (Lipinski definition) is 6. The molecule has 1 aliphatic heterocycles. The Balaban J connectivity index is 1.32. The number of nitrogens with zero attached hydrogens (tertiary/aromatic N) is 3. The van der Waals surface area contributed by atoms with E-state index in [2.05, 4.69) is 6.07 Å². The number of sulfonamides is 1. The Morgan fingerprint density at radius 2 is 1.55 bits per heavy atom. The minimum Gasteiger partial charge on any atom is -0.274 e. The number of rotatable bonds is 6. The number of carbonyl (C=O) groups is 2. The minimum absolute atomic E-state index is 0.170. The Morgan fingerprint density at radius 1 is 0.900 bits per heavy atom. The molecule has 1 saturated heterocycles. The van der Waals surface area contributed by atoms with Crippen LogP contribution in [0.25, 0.3) is 20.8 Å². The maximum atomic E-state index is 14.2. The van der Waals surface area contributed by atoms with Gasteiger partial charge in [-0.3, -0.25) is 9.59 Å². The summed E-state index contributed by atoms with van der Waals surface area (Å²) in [4.78, 5) is 33.1. The van der Waals surface area contributed by atoms with Crippen molar-refractivity contribution in [3.8, 4) is 10.6 Å². The molecule has 1 aromatic heterocycles. The molecule has 1 saturated carbocycles. The number of aromatic nitrogens is 1. The lowest BCUT2D eigenvalue weighted by atomic mass is 10.0. The van der Waals surface area contributed by atoms with Gasteiger partial charge in [-0.05, 0) is 112 Å². The number of amides is 2. The van der Waals surface area contributed by atoms with E-state index in [-0.39, 0.29) is 17.4 Å². The van der Waals surface area contributed by atoms with E-state index in [1.165, 1.54) is 9.87 Å². The Morgan fingerprint density at radius 3 is 2.17 bits per heavy atom. The first-order chi connectivity index (χ1) is 19.0. The number of fused-ring (bicyclic) bond motifs is 1. The van der Waals surface area contributed by atoms with Crippen LogP contribution in [0.5, 0.6) is 0 Å². The average Bonchev–Trinajstić information content (AvgIpc) is 3.57. The summed E-state index contributed by atoms with van der Waals surface area (Å²) in [5.41, 5.74) is 6.56. The monoisotopic (exact) mass is 573 g/mol. The first kappa shape index (κ1) is 26.8. The molecule has 1 atom stereocenters. The molecule has 3 aromatic carbocycles. The SMILES string of the molecule is Cc1ccc2nc(-c3ccc(N4C(=O)CC(N(C5CC5)S(=O)(=O)c5c(C)c(C)cc(C)c5C)C4=O)cc3)sc2c1. The van der Waals surface area contributed by atoms with E-state index in [1.54, 1.807) is 23.5 Å². The highest BCUT2D eigenvalue weighted by atomic mass is 32.2. The van der Waals surface area contributed by atoms with Crippen LogP contribution in [0.15, 0.2) is 53.4 Å². The Kier molecular flexibility index (Phi) is 6.44. The summed E-state index contributed by atoms with van der Waals surface area (Å²) < 4.78 is 30.8. The fourth-order valence-corrected chi connectivity index (χ4v) is 9.09. The Bertz CT molecular complexity index is 1780. The zero-order valence-corrected chi connectivity index (χ0v) is 24.8. The molecular formula is C31H31N3O4S2. The molecule has 2 aliphatic rings. The topological polar surface area (TPSA) is 87.7 Å². The van der Waals surface area contributed by atoms with E-state index < -0.39 is 27.9 Å². The molecular weight excluding hydrogens is 542 g/mol. The second-order valence-electron chi connectivity index (χ2n) is 11.0. The van der Waals surface area contributed by atoms with E-state index in [4.69, 9.17) is 4.98 Å². The van der Waals surface area contributed by atoms with Gasteiger partial charge in [-0.1, -0.05) is 12.1 Å². The van der Waals surface area contributed by atoms with Crippen molar-refractivity contribution in [1.29, 1.82) is 0 Å². The van der Waals surface area contributed by atoms with E-state index in [0.717, 1.165) is 36.8 Å². The highest BCUT2D eigenvalue weighted by molar-refractivity contribution is 7.89. The molecule has 9 heteroatoms. The van der Waals surface area contributed by atoms with Crippen LogP contribution >= 0.6 is 11.3 Å². The lowest BCUT2D eigenvalue weighted by Crippen LogP contribution is -2.47. The minimum atomic E-state index is -4.02. The fraction of sp³-hybridized carbons (Fsp3) is 0.323. The molecule has 0 bridgehead atoms. The first-order valence-corrected chi connectivity index (χ1v) is 15.7. The number of carbonyl (C=O) groups excluding carboxylic acids is 2. The van der Waals surface area contributed by atoms with Crippen molar-refractivity contribution in [2.75, 3.05) is 4.90 Å². The largest absolute Gasteiger partial charge is 0.274 e. The van der Waals surface area contributed by atoms with Crippen molar-refractivity contribution >= 4 is 49.1 Å². The van der Waals surface area contributed by atoms with Crippen LogP contribution in [0, 0.1) is 34.6 Å². The molecule has 40 heavy (non-hydrogen) atoms. The molecule has 7 nitrogen and oxygen atoms in total. The van der Waals surface area contributed by atoms with Gasteiger partial charge in [0.1, 0.15) is 11.0 Å². The summed E-state index contributed by atoms with van der Waals surface area (Å²) in [7, 11) is -4.02. The van der Waals surface area contributed by atoms with Crippen LogP contribution in [-0.2, 0) is 19.6 Å². The summed E-state index contributed by atoms with van der Waals surface area (Å²) in [5, 5.41) is 0.856. The summed E-state index contributed by atoms with van der Waals surface area (Å²) >= 11 is 1.59. The van der Waals surface area contributed by atoms with Crippen molar-refractivity contribution in [1.82, 2.24) is 9.29 Å². The summed E-state index contributed by atoms with van der Waals surface area (Å²) in [5.74, 6) is -0.892. The van der Waals surface area contributed by atoms with Crippen molar-refractivity contribution in [3.63, 3.8) is 0 Å². The van der Waals surface area contributed by atoms with E-state index in [0.29, 0.717) is 29.7 Å².